The van der Waals surface area contributed by atoms with E-state index in [2.05, 4.69) is 15.6 Å². The zero-order chi connectivity index (χ0) is 12.7. The fourth-order valence-corrected chi connectivity index (χ4v) is 4.12. The van der Waals surface area contributed by atoms with Crippen molar-refractivity contribution >= 4 is 16.5 Å². The Bertz CT molecular complexity index is 446. The van der Waals surface area contributed by atoms with E-state index in [1.54, 1.807) is 11.3 Å². The van der Waals surface area contributed by atoms with Crippen LogP contribution in [0.3, 0.4) is 0 Å². The number of nitrogens with zero attached hydrogens (tertiary/aromatic N) is 2. The number of anilines is 1. The van der Waals surface area contributed by atoms with Crippen LogP contribution in [-0.4, -0.2) is 36.3 Å². The van der Waals surface area contributed by atoms with E-state index < -0.39 is 0 Å². The van der Waals surface area contributed by atoms with Gasteiger partial charge in [-0.15, -0.1) is 11.3 Å². The highest BCUT2D eigenvalue weighted by Crippen LogP contribution is 2.34. The van der Waals surface area contributed by atoms with Crippen LogP contribution in [0.4, 0.5) is 5.13 Å². The molecule has 3 aliphatic rings. The lowest BCUT2D eigenvalue weighted by molar-refractivity contribution is 0.0256. The quantitative estimate of drug-likeness (QED) is 0.916. The fourth-order valence-electron chi connectivity index (χ4n) is 3.21. The third-order valence-electron chi connectivity index (χ3n) is 4.42. The molecule has 5 heteroatoms. The van der Waals surface area contributed by atoms with Crippen molar-refractivity contribution in [3.63, 3.8) is 0 Å². The van der Waals surface area contributed by atoms with E-state index in [1.165, 1.54) is 42.9 Å². The molecule has 0 radical (unpaired) electrons. The molecular weight excluding hydrogens is 258 g/mol. The van der Waals surface area contributed by atoms with E-state index in [1.807, 2.05) is 0 Å². The first-order valence-electron chi connectivity index (χ1n) is 7.46. The summed E-state index contributed by atoms with van der Waals surface area (Å²) in [6.45, 7) is 2.79. The van der Waals surface area contributed by atoms with E-state index in [4.69, 9.17) is 9.72 Å². The molecule has 1 aliphatic heterocycles. The van der Waals surface area contributed by atoms with E-state index in [-0.39, 0.29) is 0 Å². The topological polar surface area (TPSA) is 37.4 Å². The molecule has 2 atom stereocenters. The maximum Gasteiger partial charge on any atom is 0.185 e. The van der Waals surface area contributed by atoms with Crippen LogP contribution in [-0.2, 0) is 11.3 Å². The molecule has 0 bridgehead atoms. The second-order valence-corrected chi connectivity index (χ2v) is 6.71. The predicted octanol–water partition coefficient (Wildman–Crippen LogP) is 2.15. The van der Waals surface area contributed by atoms with E-state index in [9.17, 15) is 0 Å². The summed E-state index contributed by atoms with van der Waals surface area (Å²) in [5.74, 6) is 0. The Kier molecular flexibility index (Phi) is 3.21. The van der Waals surface area contributed by atoms with Gasteiger partial charge in [0.05, 0.1) is 24.4 Å². The molecule has 2 aliphatic carbocycles. The number of hydrogen-bond donors (Lipinski definition) is 1. The molecule has 1 N–H and O–H groups in total. The normalized spacial score (nSPS) is 30.6. The molecule has 2 unspecified atom stereocenters. The fraction of sp³-hybridized carbons (Fsp3) is 0.786. The highest BCUT2D eigenvalue weighted by Gasteiger charge is 2.37. The minimum absolute atomic E-state index is 0.450. The maximum atomic E-state index is 5.87. The molecule has 1 aromatic rings. The van der Waals surface area contributed by atoms with E-state index in [0.29, 0.717) is 12.1 Å². The van der Waals surface area contributed by atoms with Gasteiger partial charge in [-0.2, -0.15) is 0 Å². The Morgan fingerprint density at radius 3 is 3.21 bits per heavy atom. The van der Waals surface area contributed by atoms with Gasteiger partial charge in [-0.3, -0.25) is 0 Å². The van der Waals surface area contributed by atoms with Crippen LogP contribution in [0.1, 0.15) is 37.8 Å². The van der Waals surface area contributed by atoms with Crippen LogP contribution in [0, 0.1) is 0 Å². The molecule has 1 aromatic heterocycles. The zero-order valence-corrected chi connectivity index (χ0v) is 12.0. The number of nitrogens with one attached hydrogen (secondary N) is 1. The monoisotopic (exact) mass is 279 g/mol. The second-order valence-electron chi connectivity index (χ2n) is 5.88. The third kappa shape index (κ3) is 2.51. The number of aromatic nitrogens is 1. The smallest absolute Gasteiger partial charge is 0.185 e. The van der Waals surface area contributed by atoms with Gasteiger partial charge in [0.1, 0.15) is 0 Å². The lowest BCUT2D eigenvalue weighted by Crippen LogP contribution is -2.48. The Morgan fingerprint density at radius 2 is 2.32 bits per heavy atom. The van der Waals surface area contributed by atoms with Crippen molar-refractivity contribution in [2.75, 3.05) is 18.1 Å². The van der Waals surface area contributed by atoms with Gasteiger partial charge in [-0.25, -0.2) is 4.98 Å². The Hall–Kier alpha value is -0.650. The number of hydrogen-bond acceptors (Lipinski definition) is 5. The molecule has 2 heterocycles. The molecule has 0 spiro atoms. The Balaban J connectivity index is 1.45. The summed E-state index contributed by atoms with van der Waals surface area (Å²) in [4.78, 5) is 7.31. The Labute approximate surface area is 118 Å². The molecule has 0 amide bonds. The van der Waals surface area contributed by atoms with Gasteiger partial charge in [0.2, 0.25) is 0 Å². The van der Waals surface area contributed by atoms with E-state index in [0.717, 1.165) is 25.7 Å². The molecular formula is C14H21N3OS. The Morgan fingerprint density at radius 1 is 1.37 bits per heavy atom. The molecule has 4 nitrogen and oxygen atoms in total. The van der Waals surface area contributed by atoms with Crippen molar-refractivity contribution in [1.82, 2.24) is 10.3 Å². The van der Waals surface area contributed by atoms with Crippen molar-refractivity contribution in [3.8, 4) is 0 Å². The van der Waals surface area contributed by atoms with Crippen LogP contribution in [0.25, 0.3) is 0 Å². The predicted molar refractivity (Wildman–Crippen MR) is 76.7 cm³/mol. The first-order chi connectivity index (χ1) is 9.40. The van der Waals surface area contributed by atoms with Crippen LogP contribution < -0.4 is 10.2 Å². The summed E-state index contributed by atoms with van der Waals surface area (Å²) in [5, 5.41) is 6.95. The first kappa shape index (κ1) is 12.1. The van der Waals surface area contributed by atoms with Crippen molar-refractivity contribution in [3.05, 3.63) is 11.1 Å². The average Bonchev–Trinajstić information content (AvgIpc) is 2.96. The number of rotatable bonds is 4. The number of thiazole rings is 1. The van der Waals surface area contributed by atoms with Gasteiger partial charge < -0.3 is 15.0 Å². The second kappa shape index (κ2) is 5.04. The highest BCUT2D eigenvalue weighted by atomic mass is 32.1. The lowest BCUT2D eigenvalue weighted by atomic mass is 10.1. The van der Waals surface area contributed by atoms with Gasteiger partial charge in [0.15, 0.2) is 5.13 Å². The zero-order valence-electron chi connectivity index (χ0n) is 11.2. The summed E-state index contributed by atoms with van der Waals surface area (Å²) in [6.07, 6.45) is 6.91. The number of morpholine rings is 1. The first-order valence-corrected chi connectivity index (χ1v) is 8.34. The summed E-state index contributed by atoms with van der Waals surface area (Å²) in [5.41, 5.74) is 1.20. The number of fused-ring (bicyclic) bond motifs is 1. The van der Waals surface area contributed by atoms with Crippen molar-refractivity contribution in [2.24, 2.45) is 0 Å². The SMILES string of the molecule is c1sc(N2CCOC3CCCC32)nc1CNC1CC1. The van der Waals surface area contributed by atoms with Gasteiger partial charge in [-0.1, -0.05) is 0 Å². The summed E-state index contributed by atoms with van der Waals surface area (Å²) in [6, 6.07) is 1.33. The molecule has 104 valence electrons. The van der Waals surface area contributed by atoms with Crippen LogP contribution in [0.2, 0.25) is 0 Å². The molecule has 3 fully saturated rings. The molecule has 19 heavy (non-hydrogen) atoms. The van der Waals surface area contributed by atoms with Gasteiger partial charge in [-0.05, 0) is 32.1 Å². The summed E-state index contributed by atoms with van der Waals surface area (Å²) < 4.78 is 5.87. The standard InChI is InChI=1S/C14H21N3OS/c1-2-12-13(3-1)18-7-6-17(12)14-16-11(9-19-14)8-15-10-4-5-10/h9-10,12-13,15H,1-8H2. The number of ether oxygens (including phenoxy) is 1. The van der Waals surface area contributed by atoms with Crippen LogP contribution in [0.15, 0.2) is 5.38 Å². The molecule has 1 saturated heterocycles. The molecule has 0 aromatic carbocycles. The summed E-state index contributed by atoms with van der Waals surface area (Å²) in [7, 11) is 0. The van der Waals surface area contributed by atoms with Gasteiger partial charge in [0.25, 0.3) is 0 Å². The van der Waals surface area contributed by atoms with Crippen molar-refractivity contribution in [1.29, 1.82) is 0 Å². The van der Waals surface area contributed by atoms with Gasteiger partial charge >= 0.3 is 0 Å². The lowest BCUT2D eigenvalue weighted by Gasteiger charge is -2.37. The van der Waals surface area contributed by atoms with Crippen molar-refractivity contribution < 1.29 is 4.74 Å². The van der Waals surface area contributed by atoms with Gasteiger partial charge in [0, 0.05) is 24.5 Å². The van der Waals surface area contributed by atoms with E-state index >= 15 is 0 Å². The average molecular weight is 279 g/mol. The maximum absolute atomic E-state index is 5.87. The third-order valence-corrected chi connectivity index (χ3v) is 5.34. The minimum atomic E-state index is 0.450. The molecule has 2 saturated carbocycles. The van der Waals surface area contributed by atoms with Crippen LogP contribution >= 0.6 is 11.3 Å². The van der Waals surface area contributed by atoms with Crippen molar-refractivity contribution in [2.45, 2.75) is 56.8 Å². The van der Waals surface area contributed by atoms with Crippen LogP contribution in [0.5, 0.6) is 0 Å². The highest BCUT2D eigenvalue weighted by molar-refractivity contribution is 7.13. The minimum Gasteiger partial charge on any atom is -0.374 e. The largest absolute Gasteiger partial charge is 0.374 e. The molecule has 4 rings (SSSR count). The summed E-state index contributed by atoms with van der Waals surface area (Å²) >= 11 is 1.80.